The van der Waals surface area contributed by atoms with Crippen molar-refractivity contribution >= 4 is 11.7 Å². The number of fused-ring (bicyclic) bond motifs is 2. The zero-order valence-electron chi connectivity index (χ0n) is 8.04. The summed E-state index contributed by atoms with van der Waals surface area (Å²) in [4.78, 5) is 11.1. The van der Waals surface area contributed by atoms with Crippen LogP contribution in [-0.4, -0.2) is 27.6 Å². The maximum Gasteiger partial charge on any atom is 0.357 e. The Hall–Kier alpha value is -2.30. The minimum atomic E-state index is -1.42. The molecule has 0 bridgehead atoms. The molecule has 3 rings (SSSR count). The van der Waals surface area contributed by atoms with Crippen molar-refractivity contribution < 1.29 is 19.8 Å². The number of hydrogen-bond acceptors (Lipinski definition) is 4. The van der Waals surface area contributed by atoms with Gasteiger partial charge in [-0.3, -0.25) is 0 Å². The molecule has 1 aromatic rings. The smallest absolute Gasteiger partial charge is 0.357 e. The van der Waals surface area contributed by atoms with Gasteiger partial charge in [0.15, 0.2) is 0 Å². The van der Waals surface area contributed by atoms with Crippen LogP contribution in [0.1, 0.15) is 5.56 Å². The molecule has 1 heterocycles. The fourth-order valence-electron chi connectivity index (χ4n) is 1.89. The van der Waals surface area contributed by atoms with E-state index in [4.69, 9.17) is 15.1 Å². The minimum Gasteiger partial charge on any atom is -0.478 e. The fraction of sp³-hybridized carbons (Fsp3) is 0.0909. The number of benzene rings is 1. The second-order valence-corrected chi connectivity index (χ2v) is 3.65. The normalized spacial score (nSPS) is 27.5. The first-order valence-electron chi connectivity index (χ1n) is 4.66. The quantitative estimate of drug-likeness (QED) is 0.543. The van der Waals surface area contributed by atoms with Gasteiger partial charge in [0.25, 0.3) is 5.60 Å². The molecule has 16 heavy (non-hydrogen) atoms. The van der Waals surface area contributed by atoms with E-state index < -0.39 is 11.6 Å². The predicted octanol–water partition coefficient (Wildman–Crippen LogP) is 1.02. The molecule has 1 unspecified atom stereocenters. The molecule has 0 amide bonds. The lowest BCUT2D eigenvalue weighted by atomic mass is 10.00. The number of nitrogens with zero attached hydrogens (tertiary/aromatic N) is 1. The predicted molar refractivity (Wildman–Crippen MR) is 53.8 cm³/mol. The van der Waals surface area contributed by atoms with E-state index in [-0.39, 0.29) is 5.71 Å². The van der Waals surface area contributed by atoms with Gasteiger partial charge in [-0.05, 0) is 18.2 Å². The highest BCUT2D eigenvalue weighted by Crippen LogP contribution is 2.47. The summed E-state index contributed by atoms with van der Waals surface area (Å²) in [7, 11) is 0. The van der Waals surface area contributed by atoms with Crippen LogP contribution in [0.3, 0.4) is 0 Å². The lowest BCUT2D eigenvalue weighted by Gasteiger charge is -2.23. The van der Waals surface area contributed by atoms with Crippen LogP contribution in [0.5, 0.6) is 5.75 Å². The molecule has 2 aliphatic rings. The maximum absolute atomic E-state index is 11.1. The molecule has 5 heteroatoms. The number of rotatable bonds is 1. The number of carboxylic acids is 1. The molecule has 5 nitrogen and oxygen atoms in total. The van der Waals surface area contributed by atoms with E-state index in [1.807, 2.05) is 0 Å². The van der Waals surface area contributed by atoms with Crippen LogP contribution in [0, 0.1) is 0 Å². The largest absolute Gasteiger partial charge is 0.478 e. The van der Waals surface area contributed by atoms with Crippen molar-refractivity contribution in [1.82, 2.24) is 0 Å². The monoisotopic (exact) mass is 217 g/mol. The third-order valence-corrected chi connectivity index (χ3v) is 2.75. The molecule has 1 aliphatic carbocycles. The van der Waals surface area contributed by atoms with Crippen molar-refractivity contribution in [2.75, 3.05) is 0 Å². The van der Waals surface area contributed by atoms with Crippen molar-refractivity contribution in [3.05, 3.63) is 41.5 Å². The van der Waals surface area contributed by atoms with Gasteiger partial charge in [0.2, 0.25) is 0 Å². The Morgan fingerprint density at radius 3 is 2.81 bits per heavy atom. The molecular weight excluding hydrogens is 210 g/mol. The van der Waals surface area contributed by atoms with Crippen molar-refractivity contribution in [2.45, 2.75) is 5.60 Å². The van der Waals surface area contributed by atoms with E-state index in [0.717, 1.165) is 0 Å². The summed E-state index contributed by atoms with van der Waals surface area (Å²) in [5, 5.41) is 21.1. The molecule has 80 valence electrons. The van der Waals surface area contributed by atoms with Crippen LogP contribution in [0.2, 0.25) is 0 Å². The molecule has 1 aromatic carbocycles. The van der Waals surface area contributed by atoms with Crippen LogP contribution < -0.4 is 4.74 Å². The summed E-state index contributed by atoms with van der Waals surface area (Å²) in [5.41, 5.74) is -0.147. The van der Waals surface area contributed by atoms with Crippen molar-refractivity contribution in [3.8, 4) is 5.75 Å². The first-order chi connectivity index (χ1) is 7.69. The van der Waals surface area contributed by atoms with Gasteiger partial charge in [0, 0.05) is 11.1 Å². The molecule has 0 radical (unpaired) electrons. The van der Waals surface area contributed by atoms with Crippen molar-refractivity contribution in [2.24, 2.45) is 5.16 Å². The number of para-hydroxylation sites is 1. The Kier molecular flexibility index (Phi) is 1.47. The van der Waals surface area contributed by atoms with Crippen molar-refractivity contribution in [1.29, 1.82) is 0 Å². The number of hydrogen-bond donors (Lipinski definition) is 2. The highest BCUT2D eigenvalue weighted by atomic mass is 16.5. The average molecular weight is 217 g/mol. The lowest BCUT2D eigenvalue weighted by Crippen LogP contribution is -2.38. The van der Waals surface area contributed by atoms with Crippen LogP contribution in [0.15, 0.2) is 41.1 Å². The molecule has 0 aromatic heterocycles. The zero-order chi connectivity index (χ0) is 11.3. The van der Waals surface area contributed by atoms with Crippen LogP contribution >= 0.6 is 0 Å². The Morgan fingerprint density at radius 1 is 1.38 bits per heavy atom. The van der Waals surface area contributed by atoms with E-state index in [2.05, 4.69) is 5.16 Å². The Morgan fingerprint density at radius 2 is 2.12 bits per heavy atom. The molecular formula is C11H7NO4. The molecule has 0 spiro atoms. The van der Waals surface area contributed by atoms with Gasteiger partial charge in [-0.2, -0.15) is 0 Å². The maximum atomic E-state index is 11.1. The number of carbonyl (C=O) groups is 1. The van der Waals surface area contributed by atoms with E-state index in [0.29, 0.717) is 16.9 Å². The van der Waals surface area contributed by atoms with E-state index in [9.17, 15) is 4.79 Å². The molecule has 0 saturated carbocycles. The molecule has 0 saturated heterocycles. The fourth-order valence-corrected chi connectivity index (χ4v) is 1.89. The van der Waals surface area contributed by atoms with E-state index in [1.165, 1.54) is 6.08 Å². The van der Waals surface area contributed by atoms with Gasteiger partial charge < -0.3 is 15.1 Å². The summed E-state index contributed by atoms with van der Waals surface area (Å²) < 4.78 is 5.40. The third kappa shape index (κ3) is 0.894. The zero-order valence-corrected chi connectivity index (χ0v) is 8.04. The second kappa shape index (κ2) is 2.63. The van der Waals surface area contributed by atoms with Gasteiger partial charge in [-0.25, -0.2) is 4.79 Å². The summed E-state index contributed by atoms with van der Waals surface area (Å²) in [6.45, 7) is 0. The van der Waals surface area contributed by atoms with E-state index >= 15 is 0 Å². The highest BCUT2D eigenvalue weighted by molar-refractivity contribution is 6.24. The summed E-state index contributed by atoms with van der Waals surface area (Å²) in [6, 6.07) is 6.87. The van der Waals surface area contributed by atoms with E-state index in [1.54, 1.807) is 24.3 Å². The minimum absolute atomic E-state index is 0.268. The summed E-state index contributed by atoms with van der Waals surface area (Å²) in [6.07, 6.45) is 1.43. The van der Waals surface area contributed by atoms with Gasteiger partial charge >= 0.3 is 5.97 Å². The van der Waals surface area contributed by atoms with Crippen LogP contribution in [0.25, 0.3) is 0 Å². The average Bonchev–Trinajstić information content (AvgIpc) is 3.00. The van der Waals surface area contributed by atoms with Gasteiger partial charge in [-0.15, -0.1) is 0 Å². The van der Waals surface area contributed by atoms with Gasteiger partial charge in [0.1, 0.15) is 11.5 Å². The number of oxime groups is 1. The Labute approximate surface area is 90.3 Å². The molecule has 1 atom stereocenters. The summed E-state index contributed by atoms with van der Waals surface area (Å²) in [5.74, 6) is -0.687. The van der Waals surface area contributed by atoms with Crippen LogP contribution in [0.4, 0.5) is 0 Å². The van der Waals surface area contributed by atoms with Crippen LogP contribution in [-0.2, 0) is 4.79 Å². The van der Waals surface area contributed by atoms with Gasteiger partial charge in [-0.1, -0.05) is 17.3 Å². The Bertz CT molecular complexity index is 561. The highest BCUT2D eigenvalue weighted by Gasteiger charge is 2.60. The molecule has 1 aliphatic heterocycles. The summed E-state index contributed by atoms with van der Waals surface area (Å²) >= 11 is 0. The van der Waals surface area contributed by atoms with Crippen molar-refractivity contribution in [3.63, 3.8) is 0 Å². The number of ether oxygens (including phenoxy) is 1. The first kappa shape index (κ1) is 8.96. The van der Waals surface area contributed by atoms with Gasteiger partial charge in [0.05, 0.1) is 0 Å². The number of carboxylic acid groups (broad SMARTS) is 1. The second-order valence-electron chi connectivity index (χ2n) is 3.65. The topological polar surface area (TPSA) is 79.1 Å². The molecule has 0 fully saturated rings. The Balaban J connectivity index is 2.17. The number of aliphatic carboxylic acids is 1. The standard InChI is InChI=1S/C11H7NO4/c13-10(14)11-5-7(11)9(12-15)6-3-1-2-4-8(6)16-11/h1-5,15H,(H,13,14)/b12-9-. The lowest BCUT2D eigenvalue weighted by molar-refractivity contribution is -0.145. The SMILES string of the molecule is O=C(O)C12C=C1/C(=N\O)c1ccccc1O2. The molecule has 2 N–H and O–H groups in total. The third-order valence-electron chi connectivity index (χ3n) is 2.75. The first-order valence-corrected chi connectivity index (χ1v) is 4.66.